The largest absolute Gasteiger partial charge is 0.352 e. The lowest BCUT2D eigenvalue weighted by Gasteiger charge is -2.07. The molecule has 0 bridgehead atoms. The van der Waals surface area contributed by atoms with Crippen LogP contribution in [0.25, 0.3) is 0 Å². The maximum absolute atomic E-state index is 13.4. The molecule has 0 spiro atoms. The van der Waals surface area contributed by atoms with Crippen LogP contribution in [-0.2, 0) is 0 Å². The summed E-state index contributed by atoms with van der Waals surface area (Å²) in [6.07, 6.45) is 3.62. The average Bonchev–Trinajstić information content (AvgIpc) is 2.55. The van der Waals surface area contributed by atoms with Crippen LogP contribution in [0.5, 0.6) is 0 Å². The summed E-state index contributed by atoms with van der Waals surface area (Å²) in [5.74, 6) is -1.23. The normalized spacial score (nSPS) is 10.0. The number of nitrogens with zero attached hydrogens (tertiary/aromatic N) is 1. The Kier molecular flexibility index (Phi) is 5.59. The van der Waals surface area contributed by atoms with Gasteiger partial charge < -0.3 is 10.6 Å². The Morgan fingerprint density at radius 1 is 1.00 bits per heavy atom. The predicted octanol–water partition coefficient (Wildman–Crippen LogP) is 1.77. The second-order valence-electron chi connectivity index (χ2n) is 4.59. The maximum atomic E-state index is 13.4. The standard InChI is InChI=1S/C16H16FN3O2/c17-14-7-2-1-6-13(14)16(22)20-10-4-9-19-15(21)12-5-3-8-18-11-12/h1-3,5-8,11H,4,9-10H2,(H,19,21)(H,20,22). The summed E-state index contributed by atoms with van der Waals surface area (Å²) in [5.41, 5.74) is 0.500. The first-order chi connectivity index (χ1) is 10.7. The zero-order valence-corrected chi connectivity index (χ0v) is 11.9. The van der Waals surface area contributed by atoms with Crippen LogP contribution in [0.15, 0.2) is 48.8 Å². The van der Waals surface area contributed by atoms with Crippen molar-refractivity contribution in [2.24, 2.45) is 0 Å². The number of benzene rings is 1. The van der Waals surface area contributed by atoms with Gasteiger partial charge in [-0.15, -0.1) is 0 Å². The molecule has 1 aromatic carbocycles. The van der Waals surface area contributed by atoms with Crippen LogP contribution in [0.1, 0.15) is 27.1 Å². The average molecular weight is 301 g/mol. The van der Waals surface area contributed by atoms with Gasteiger partial charge in [-0.05, 0) is 30.7 Å². The van der Waals surface area contributed by atoms with E-state index in [1.165, 1.54) is 24.4 Å². The van der Waals surface area contributed by atoms with Crippen LogP contribution in [0.4, 0.5) is 4.39 Å². The molecule has 0 unspecified atom stereocenters. The summed E-state index contributed by atoms with van der Waals surface area (Å²) in [5, 5.41) is 5.33. The van der Waals surface area contributed by atoms with Crippen LogP contribution in [0.2, 0.25) is 0 Å². The number of pyridine rings is 1. The van der Waals surface area contributed by atoms with E-state index in [-0.39, 0.29) is 11.5 Å². The highest BCUT2D eigenvalue weighted by atomic mass is 19.1. The Bertz CT molecular complexity index is 647. The van der Waals surface area contributed by atoms with E-state index in [0.29, 0.717) is 25.1 Å². The Hall–Kier alpha value is -2.76. The summed E-state index contributed by atoms with van der Waals surface area (Å²) in [4.78, 5) is 27.3. The number of hydrogen-bond donors (Lipinski definition) is 2. The zero-order chi connectivity index (χ0) is 15.8. The van der Waals surface area contributed by atoms with Crippen LogP contribution in [-0.4, -0.2) is 29.9 Å². The summed E-state index contributed by atoms with van der Waals surface area (Å²) < 4.78 is 13.4. The number of carbonyl (C=O) groups excluding carboxylic acids is 2. The topological polar surface area (TPSA) is 71.1 Å². The molecule has 114 valence electrons. The highest BCUT2D eigenvalue weighted by Gasteiger charge is 2.09. The molecule has 6 heteroatoms. The number of amides is 2. The quantitative estimate of drug-likeness (QED) is 0.799. The lowest BCUT2D eigenvalue weighted by atomic mass is 10.2. The number of aromatic nitrogens is 1. The van der Waals surface area contributed by atoms with E-state index in [1.54, 1.807) is 24.4 Å². The number of rotatable bonds is 6. The minimum absolute atomic E-state index is 0.0156. The van der Waals surface area contributed by atoms with E-state index in [4.69, 9.17) is 0 Å². The van der Waals surface area contributed by atoms with Gasteiger partial charge in [0, 0.05) is 25.5 Å². The SMILES string of the molecule is O=C(NCCCNC(=O)c1ccccc1F)c1cccnc1. The fourth-order valence-corrected chi connectivity index (χ4v) is 1.83. The van der Waals surface area contributed by atoms with E-state index in [2.05, 4.69) is 15.6 Å². The lowest BCUT2D eigenvalue weighted by molar-refractivity contribution is 0.0949. The van der Waals surface area contributed by atoms with Crippen molar-refractivity contribution in [1.29, 1.82) is 0 Å². The van der Waals surface area contributed by atoms with E-state index in [9.17, 15) is 14.0 Å². The minimum atomic E-state index is -0.551. The molecule has 22 heavy (non-hydrogen) atoms. The van der Waals surface area contributed by atoms with E-state index < -0.39 is 11.7 Å². The van der Waals surface area contributed by atoms with Gasteiger partial charge in [0.15, 0.2) is 0 Å². The molecule has 5 nitrogen and oxygen atoms in total. The summed E-state index contributed by atoms with van der Waals surface area (Å²) >= 11 is 0. The van der Waals surface area contributed by atoms with Crippen molar-refractivity contribution in [3.05, 3.63) is 65.7 Å². The monoisotopic (exact) mass is 301 g/mol. The summed E-state index contributed by atoms with van der Waals surface area (Å²) in [6, 6.07) is 9.15. The van der Waals surface area contributed by atoms with Gasteiger partial charge in [-0.3, -0.25) is 14.6 Å². The molecular weight excluding hydrogens is 285 g/mol. The number of carbonyl (C=O) groups is 2. The van der Waals surface area contributed by atoms with E-state index in [1.807, 2.05) is 0 Å². The molecule has 0 saturated carbocycles. The van der Waals surface area contributed by atoms with Gasteiger partial charge in [0.25, 0.3) is 11.8 Å². The third-order valence-electron chi connectivity index (χ3n) is 2.97. The molecule has 0 atom stereocenters. The fourth-order valence-electron chi connectivity index (χ4n) is 1.83. The molecule has 1 aromatic heterocycles. The van der Waals surface area contributed by atoms with Crippen molar-refractivity contribution >= 4 is 11.8 Å². The number of nitrogens with one attached hydrogen (secondary N) is 2. The summed E-state index contributed by atoms with van der Waals surface area (Å²) in [6.45, 7) is 0.756. The Balaban J connectivity index is 1.69. The highest BCUT2D eigenvalue weighted by molar-refractivity contribution is 5.94. The van der Waals surface area contributed by atoms with Gasteiger partial charge in [0.1, 0.15) is 5.82 Å². The molecule has 0 aliphatic heterocycles. The minimum Gasteiger partial charge on any atom is -0.352 e. The van der Waals surface area contributed by atoms with E-state index >= 15 is 0 Å². The zero-order valence-electron chi connectivity index (χ0n) is 11.9. The summed E-state index contributed by atoms with van der Waals surface area (Å²) in [7, 11) is 0. The molecule has 0 saturated heterocycles. The van der Waals surface area contributed by atoms with Crippen molar-refractivity contribution < 1.29 is 14.0 Å². The van der Waals surface area contributed by atoms with Crippen LogP contribution < -0.4 is 10.6 Å². The second kappa shape index (κ2) is 7.87. The van der Waals surface area contributed by atoms with Gasteiger partial charge in [-0.25, -0.2) is 4.39 Å². The Labute approximate surface area is 127 Å². The molecule has 2 rings (SSSR count). The maximum Gasteiger partial charge on any atom is 0.254 e. The molecular formula is C16H16FN3O2. The van der Waals surface area contributed by atoms with Crippen molar-refractivity contribution in [2.75, 3.05) is 13.1 Å². The first-order valence-electron chi connectivity index (χ1n) is 6.89. The lowest BCUT2D eigenvalue weighted by Crippen LogP contribution is -2.30. The van der Waals surface area contributed by atoms with E-state index in [0.717, 1.165) is 0 Å². The van der Waals surface area contributed by atoms with Gasteiger partial charge in [0.2, 0.25) is 0 Å². The van der Waals surface area contributed by atoms with Crippen molar-refractivity contribution in [1.82, 2.24) is 15.6 Å². The molecule has 0 aliphatic rings. The predicted molar refractivity (Wildman–Crippen MR) is 79.9 cm³/mol. The van der Waals surface area contributed by atoms with Crippen molar-refractivity contribution in [3.63, 3.8) is 0 Å². The molecule has 2 amide bonds. The molecule has 0 aliphatic carbocycles. The first kappa shape index (κ1) is 15.6. The van der Waals surface area contributed by atoms with Gasteiger partial charge in [0.05, 0.1) is 11.1 Å². The third-order valence-corrected chi connectivity index (χ3v) is 2.97. The molecule has 2 aromatic rings. The molecule has 0 radical (unpaired) electrons. The van der Waals surface area contributed by atoms with Crippen LogP contribution >= 0.6 is 0 Å². The van der Waals surface area contributed by atoms with Crippen molar-refractivity contribution in [2.45, 2.75) is 6.42 Å². The van der Waals surface area contributed by atoms with Gasteiger partial charge in [-0.2, -0.15) is 0 Å². The van der Waals surface area contributed by atoms with Gasteiger partial charge in [-0.1, -0.05) is 12.1 Å². The number of halogens is 1. The fraction of sp³-hybridized carbons (Fsp3) is 0.188. The van der Waals surface area contributed by atoms with Crippen LogP contribution in [0.3, 0.4) is 0 Å². The third kappa shape index (κ3) is 4.37. The number of hydrogen-bond acceptors (Lipinski definition) is 3. The highest BCUT2D eigenvalue weighted by Crippen LogP contribution is 2.05. The molecule has 1 heterocycles. The molecule has 0 fully saturated rings. The van der Waals surface area contributed by atoms with Crippen molar-refractivity contribution in [3.8, 4) is 0 Å². The Morgan fingerprint density at radius 2 is 1.73 bits per heavy atom. The van der Waals surface area contributed by atoms with Gasteiger partial charge >= 0.3 is 0 Å². The molecule has 2 N–H and O–H groups in total. The Morgan fingerprint density at radius 3 is 2.41 bits per heavy atom. The second-order valence-corrected chi connectivity index (χ2v) is 4.59. The van der Waals surface area contributed by atoms with Crippen LogP contribution in [0, 0.1) is 5.82 Å². The first-order valence-corrected chi connectivity index (χ1v) is 6.89. The smallest absolute Gasteiger partial charge is 0.254 e.